The number of likely N-dealkylation sites (tertiary alicyclic amines) is 1. The lowest BCUT2D eigenvalue weighted by atomic mass is 9.90. The zero-order valence-corrected chi connectivity index (χ0v) is 18.1. The lowest BCUT2D eigenvalue weighted by Crippen LogP contribution is -2.35. The lowest BCUT2D eigenvalue weighted by Gasteiger charge is -2.22. The number of nitrogens with two attached hydrogens (primary N) is 1. The van der Waals surface area contributed by atoms with E-state index in [1.165, 1.54) is 0 Å². The van der Waals surface area contributed by atoms with Crippen LogP contribution in [0.5, 0.6) is 5.75 Å². The minimum absolute atomic E-state index is 0. The van der Waals surface area contributed by atoms with Crippen LogP contribution in [-0.2, 0) is 11.2 Å². The maximum Gasteiger partial charge on any atom is 0.228 e. The van der Waals surface area contributed by atoms with Gasteiger partial charge >= 0.3 is 0 Å². The van der Waals surface area contributed by atoms with Gasteiger partial charge < -0.3 is 15.4 Å². The molecule has 1 aliphatic rings. The van der Waals surface area contributed by atoms with Crippen LogP contribution in [-0.4, -0.2) is 42.0 Å². The van der Waals surface area contributed by atoms with E-state index in [0.717, 1.165) is 41.5 Å². The third-order valence-corrected chi connectivity index (χ3v) is 5.64. The van der Waals surface area contributed by atoms with Crippen LogP contribution < -0.4 is 10.5 Å². The number of aromatic nitrogens is 1. The van der Waals surface area contributed by atoms with E-state index in [0.29, 0.717) is 19.6 Å². The highest BCUT2D eigenvalue weighted by atomic mass is 35.5. The third kappa shape index (κ3) is 5.82. The fraction of sp³-hybridized carbons (Fsp3) is 0.474. The zero-order chi connectivity index (χ0) is 17.9. The van der Waals surface area contributed by atoms with Crippen molar-refractivity contribution in [2.24, 2.45) is 11.1 Å². The standard InChI is InChI=1S/C19H25N3O2S.2ClH/c1-3-24-16-6-4-14(5-7-16)18-21-15(11-25-18)10-17(23)22-9-8-19(2,12-20)13-22;;/h4-7,11H,3,8-10,12-13,20H2,1-2H3;2*1H. The van der Waals surface area contributed by atoms with Gasteiger partial charge in [-0.1, -0.05) is 6.92 Å². The van der Waals surface area contributed by atoms with Gasteiger partial charge in [0.05, 0.1) is 18.7 Å². The molecule has 1 aliphatic heterocycles. The normalized spacial score (nSPS) is 18.6. The number of rotatable bonds is 6. The summed E-state index contributed by atoms with van der Waals surface area (Å²) in [6, 6.07) is 7.90. The van der Waals surface area contributed by atoms with Crippen LogP contribution in [0.1, 0.15) is 26.0 Å². The molecular formula is C19H27Cl2N3O2S. The Morgan fingerprint density at radius 3 is 2.63 bits per heavy atom. The van der Waals surface area contributed by atoms with Crippen molar-refractivity contribution in [3.8, 4) is 16.3 Å². The summed E-state index contributed by atoms with van der Waals surface area (Å²) in [7, 11) is 0. The Bertz CT molecular complexity index is 739. The Hall–Kier alpha value is -1.34. The first-order chi connectivity index (χ1) is 12.0. The summed E-state index contributed by atoms with van der Waals surface area (Å²) in [5.74, 6) is 0.996. The van der Waals surface area contributed by atoms with Crippen LogP contribution in [0.4, 0.5) is 0 Å². The summed E-state index contributed by atoms with van der Waals surface area (Å²) in [5.41, 5.74) is 7.76. The molecule has 0 spiro atoms. The van der Waals surface area contributed by atoms with E-state index >= 15 is 0 Å². The van der Waals surface area contributed by atoms with Crippen molar-refractivity contribution in [1.82, 2.24) is 9.88 Å². The molecule has 1 fully saturated rings. The van der Waals surface area contributed by atoms with E-state index < -0.39 is 0 Å². The number of nitrogens with zero attached hydrogens (tertiary/aromatic N) is 2. The van der Waals surface area contributed by atoms with Crippen molar-refractivity contribution in [2.45, 2.75) is 26.7 Å². The first-order valence-electron chi connectivity index (χ1n) is 8.68. The number of carbonyl (C=O) groups is 1. The Balaban J connectivity index is 0.00000182. The fourth-order valence-corrected chi connectivity index (χ4v) is 3.88. The summed E-state index contributed by atoms with van der Waals surface area (Å²) < 4.78 is 5.46. The van der Waals surface area contributed by atoms with Gasteiger partial charge in [-0.2, -0.15) is 0 Å². The molecule has 3 rings (SSSR count). The summed E-state index contributed by atoms with van der Waals surface area (Å²) >= 11 is 1.57. The van der Waals surface area contributed by atoms with Crippen molar-refractivity contribution in [1.29, 1.82) is 0 Å². The highest BCUT2D eigenvalue weighted by Crippen LogP contribution is 2.30. The Kier molecular flexibility index (Phi) is 9.02. The van der Waals surface area contributed by atoms with Gasteiger partial charge in [-0.3, -0.25) is 4.79 Å². The molecule has 0 bridgehead atoms. The average molecular weight is 432 g/mol. The van der Waals surface area contributed by atoms with Crippen LogP contribution >= 0.6 is 36.2 Å². The predicted octanol–water partition coefficient (Wildman–Crippen LogP) is 3.79. The molecule has 1 atom stereocenters. The smallest absolute Gasteiger partial charge is 0.228 e. The molecule has 27 heavy (non-hydrogen) atoms. The van der Waals surface area contributed by atoms with E-state index in [4.69, 9.17) is 10.5 Å². The molecule has 0 radical (unpaired) electrons. The Morgan fingerprint density at radius 2 is 2.04 bits per heavy atom. The van der Waals surface area contributed by atoms with Crippen molar-refractivity contribution in [3.05, 3.63) is 35.3 Å². The number of thiazole rings is 1. The van der Waals surface area contributed by atoms with Gasteiger partial charge in [0, 0.05) is 24.0 Å². The Labute approximate surface area is 177 Å². The minimum atomic E-state index is 0. The highest BCUT2D eigenvalue weighted by Gasteiger charge is 2.34. The number of hydrogen-bond donors (Lipinski definition) is 1. The van der Waals surface area contributed by atoms with E-state index in [1.807, 2.05) is 41.5 Å². The number of halogens is 2. The molecule has 0 aliphatic carbocycles. The first-order valence-corrected chi connectivity index (χ1v) is 9.56. The van der Waals surface area contributed by atoms with Gasteiger partial charge in [0.1, 0.15) is 10.8 Å². The molecule has 1 aromatic heterocycles. The maximum atomic E-state index is 12.5. The molecule has 150 valence electrons. The predicted molar refractivity (Wildman–Crippen MR) is 115 cm³/mol. The summed E-state index contributed by atoms with van der Waals surface area (Å²) in [6.07, 6.45) is 1.33. The number of hydrogen-bond acceptors (Lipinski definition) is 5. The monoisotopic (exact) mass is 431 g/mol. The van der Waals surface area contributed by atoms with Gasteiger partial charge in [-0.25, -0.2) is 4.98 Å². The molecule has 1 unspecified atom stereocenters. The quantitative estimate of drug-likeness (QED) is 0.754. The van der Waals surface area contributed by atoms with E-state index in [-0.39, 0.29) is 36.1 Å². The largest absolute Gasteiger partial charge is 0.494 e. The second-order valence-electron chi connectivity index (χ2n) is 6.86. The van der Waals surface area contributed by atoms with Crippen LogP contribution in [0.3, 0.4) is 0 Å². The van der Waals surface area contributed by atoms with Gasteiger partial charge in [0.2, 0.25) is 5.91 Å². The topological polar surface area (TPSA) is 68.5 Å². The molecule has 0 saturated carbocycles. The summed E-state index contributed by atoms with van der Waals surface area (Å²) in [6.45, 7) is 6.93. The maximum absolute atomic E-state index is 12.5. The van der Waals surface area contributed by atoms with Gasteiger partial charge in [-0.15, -0.1) is 36.2 Å². The van der Waals surface area contributed by atoms with Crippen LogP contribution in [0, 0.1) is 5.41 Å². The fourth-order valence-electron chi connectivity index (χ4n) is 3.05. The van der Waals surface area contributed by atoms with Crippen LogP contribution in [0.15, 0.2) is 29.6 Å². The average Bonchev–Trinajstić information content (AvgIpc) is 3.23. The molecule has 1 aromatic carbocycles. The number of carbonyl (C=O) groups excluding carboxylic acids is 1. The number of benzene rings is 1. The van der Waals surface area contributed by atoms with Crippen LogP contribution in [0.25, 0.3) is 10.6 Å². The number of amides is 1. The SMILES string of the molecule is CCOc1ccc(-c2nc(CC(=O)N3CCC(C)(CN)C3)cs2)cc1.Cl.Cl. The van der Waals surface area contributed by atoms with Gasteiger partial charge in [0.15, 0.2) is 0 Å². The molecule has 5 nitrogen and oxygen atoms in total. The van der Waals surface area contributed by atoms with Crippen molar-refractivity contribution >= 4 is 42.1 Å². The second kappa shape index (κ2) is 10.3. The highest BCUT2D eigenvalue weighted by molar-refractivity contribution is 7.13. The van der Waals surface area contributed by atoms with Crippen LogP contribution in [0.2, 0.25) is 0 Å². The zero-order valence-electron chi connectivity index (χ0n) is 15.6. The van der Waals surface area contributed by atoms with E-state index in [9.17, 15) is 4.79 Å². The molecule has 1 amide bonds. The summed E-state index contributed by atoms with van der Waals surface area (Å²) in [4.78, 5) is 19.1. The third-order valence-electron chi connectivity index (χ3n) is 4.70. The van der Waals surface area contributed by atoms with E-state index in [1.54, 1.807) is 11.3 Å². The molecule has 1 saturated heterocycles. The van der Waals surface area contributed by atoms with Gasteiger partial charge in [-0.05, 0) is 49.6 Å². The van der Waals surface area contributed by atoms with Gasteiger partial charge in [0.25, 0.3) is 0 Å². The molecular weight excluding hydrogens is 405 g/mol. The number of ether oxygens (including phenoxy) is 1. The second-order valence-corrected chi connectivity index (χ2v) is 7.72. The molecule has 2 aromatic rings. The molecule has 2 heterocycles. The van der Waals surface area contributed by atoms with Crippen molar-refractivity contribution in [2.75, 3.05) is 26.2 Å². The van der Waals surface area contributed by atoms with Crippen molar-refractivity contribution < 1.29 is 9.53 Å². The first kappa shape index (κ1) is 23.7. The van der Waals surface area contributed by atoms with E-state index in [2.05, 4.69) is 11.9 Å². The molecule has 8 heteroatoms. The Morgan fingerprint density at radius 1 is 1.33 bits per heavy atom. The van der Waals surface area contributed by atoms with Crippen molar-refractivity contribution in [3.63, 3.8) is 0 Å². The lowest BCUT2D eigenvalue weighted by molar-refractivity contribution is -0.129. The minimum Gasteiger partial charge on any atom is -0.494 e. The summed E-state index contributed by atoms with van der Waals surface area (Å²) in [5, 5.41) is 2.90. The molecule has 2 N–H and O–H groups in total.